The van der Waals surface area contributed by atoms with Gasteiger partial charge >= 0.3 is 12.0 Å². The van der Waals surface area contributed by atoms with Gasteiger partial charge in [0.25, 0.3) is 0 Å². The quantitative estimate of drug-likeness (QED) is 0.722. The Morgan fingerprint density at radius 1 is 1.38 bits per heavy atom. The Morgan fingerprint density at radius 3 is 3.07 bits per heavy atom. The second-order valence-corrected chi connectivity index (χ2v) is 8.10. The van der Waals surface area contributed by atoms with E-state index in [2.05, 4.69) is 20.7 Å². The van der Waals surface area contributed by atoms with Crippen LogP contribution in [-0.4, -0.2) is 47.1 Å². The zero-order valence-corrected chi connectivity index (χ0v) is 17.2. The molecule has 2 aliphatic heterocycles. The summed E-state index contributed by atoms with van der Waals surface area (Å²) in [7, 11) is 1.36. The fourth-order valence-electron chi connectivity index (χ4n) is 3.82. The minimum atomic E-state index is -0.412. The van der Waals surface area contributed by atoms with Gasteiger partial charge in [0.15, 0.2) is 5.13 Å². The van der Waals surface area contributed by atoms with Crippen LogP contribution in [-0.2, 0) is 29.0 Å². The lowest BCUT2D eigenvalue weighted by molar-refractivity contribution is 0.0597. The van der Waals surface area contributed by atoms with Crippen LogP contribution in [0.2, 0.25) is 0 Å². The van der Waals surface area contributed by atoms with Crippen molar-refractivity contribution in [3.05, 3.63) is 28.0 Å². The number of hydrogen-bond acceptors (Lipinski definition) is 7. The van der Waals surface area contributed by atoms with E-state index in [1.165, 1.54) is 18.4 Å². The molecule has 2 aromatic rings. The van der Waals surface area contributed by atoms with Crippen LogP contribution in [0.1, 0.15) is 59.0 Å². The zero-order valence-electron chi connectivity index (χ0n) is 16.4. The molecular formula is C19H25N5O4S. The number of aromatic nitrogens is 3. The zero-order chi connectivity index (χ0) is 20.2. The Balaban J connectivity index is 1.38. The van der Waals surface area contributed by atoms with E-state index in [9.17, 15) is 9.59 Å². The van der Waals surface area contributed by atoms with E-state index in [-0.39, 0.29) is 18.5 Å². The third kappa shape index (κ3) is 4.43. The summed E-state index contributed by atoms with van der Waals surface area (Å²) in [6.45, 7) is 2.40. The molecule has 0 bridgehead atoms. The second kappa shape index (κ2) is 8.91. The monoisotopic (exact) mass is 419 g/mol. The number of urea groups is 1. The third-order valence-electron chi connectivity index (χ3n) is 5.29. The summed E-state index contributed by atoms with van der Waals surface area (Å²) in [5, 5.41) is 12.6. The number of anilines is 1. The Kier molecular flexibility index (Phi) is 6.10. The molecule has 4 heterocycles. The topological polar surface area (TPSA) is 107 Å². The molecule has 2 amide bonds. The highest BCUT2D eigenvalue weighted by Gasteiger charge is 2.26. The minimum Gasteiger partial charge on any atom is -0.465 e. The van der Waals surface area contributed by atoms with E-state index in [1.807, 2.05) is 10.1 Å². The molecule has 1 saturated heterocycles. The Bertz CT molecular complexity index is 887. The number of amides is 2. The fourth-order valence-corrected chi connectivity index (χ4v) is 4.60. The van der Waals surface area contributed by atoms with Crippen molar-refractivity contribution in [2.24, 2.45) is 0 Å². The molecule has 156 valence electrons. The van der Waals surface area contributed by atoms with Crippen LogP contribution in [0.25, 0.3) is 0 Å². The summed E-state index contributed by atoms with van der Waals surface area (Å²) < 4.78 is 12.3. The lowest BCUT2D eigenvalue weighted by Crippen LogP contribution is -2.29. The van der Waals surface area contributed by atoms with Crippen LogP contribution in [0, 0.1) is 0 Å². The molecule has 0 radical (unpaired) electrons. The summed E-state index contributed by atoms with van der Waals surface area (Å²) >= 11 is 1.39. The van der Waals surface area contributed by atoms with Gasteiger partial charge in [0, 0.05) is 24.4 Å². The van der Waals surface area contributed by atoms with Crippen LogP contribution in [0.5, 0.6) is 0 Å². The lowest BCUT2D eigenvalue weighted by Gasteiger charge is -2.19. The summed E-state index contributed by atoms with van der Waals surface area (Å²) in [6, 6.07) is -0.382. The van der Waals surface area contributed by atoms with Gasteiger partial charge in [-0.3, -0.25) is 10.00 Å². The second-order valence-electron chi connectivity index (χ2n) is 7.24. The molecule has 1 unspecified atom stereocenters. The van der Waals surface area contributed by atoms with Gasteiger partial charge in [-0.25, -0.2) is 14.6 Å². The van der Waals surface area contributed by atoms with Crippen LogP contribution < -0.4 is 10.6 Å². The van der Waals surface area contributed by atoms with Crippen LogP contribution >= 0.6 is 11.3 Å². The molecular weight excluding hydrogens is 394 g/mol. The molecule has 2 aromatic heterocycles. The maximum absolute atomic E-state index is 12.3. The van der Waals surface area contributed by atoms with E-state index >= 15 is 0 Å². The van der Waals surface area contributed by atoms with Crippen molar-refractivity contribution >= 4 is 28.5 Å². The molecule has 0 aliphatic carbocycles. The average molecular weight is 420 g/mol. The van der Waals surface area contributed by atoms with Crippen molar-refractivity contribution in [2.45, 2.75) is 51.1 Å². The Hall–Kier alpha value is -2.46. The number of carbonyl (C=O) groups is 2. The Labute approximate surface area is 172 Å². The van der Waals surface area contributed by atoms with Crippen LogP contribution in [0.3, 0.4) is 0 Å². The van der Waals surface area contributed by atoms with E-state index in [4.69, 9.17) is 9.47 Å². The number of esters is 1. The van der Waals surface area contributed by atoms with Crippen molar-refractivity contribution < 1.29 is 19.1 Å². The first-order valence-electron chi connectivity index (χ1n) is 9.90. The minimum absolute atomic E-state index is 0.144. The first kappa shape index (κ1) is 19.8. The molecule has 10 heteroatoms. The SMILES string of the molecule is COC(=O)c1c(CNC(=O)Nc2nc(C3CCCOC3)cs2)nn2c1CCCC2. The van der Waals surface area contributed by atoms with Gasteiger partial charge in [0.2, 0.25) is 0 Å². The Morgan fingerprint density at radius 2 is 2.28 bits per heavy atom. The maximum atomic E-state index is 12.3. The average Bonchev–Trinajstić information content (AvgIpc) is 3.36. The first-order chi connectivity index (χ1) is 14.2. The summed E-state index contributed by atoms with van der Waals surface area (Å²) in [6.07, 6.45) is 4.91. The van der Waals surface area contributed by atoms with Gasteiger partial charge in [0.1, 0.15) is 5.56 Å². The molecule has 4 rings (SSSR count). The van der Waals surface area contributed by atoms with Crippen molar-refractivity contribution in [3.8, 4) is 0 Å². The molecule has 1 atom stereocenters. The predicted molar refractivity (Wildman–Crippen MR) is 107 cm³/mol. The lowest BCUT2D eigenvalue weighted by atomic mass is 10.00. The summed E-state index contributed by atoms with van der Waals surface area (Å²) in [5.41, 5.74) is 2.85. The number of nitrogens with one attached hydrogen (secondary N) is 2. The number of fused-ring (bicyclic) bond motifs is 1. The highest BCUT2D eigenvalue weighted by Crippen LogP contribution is 2.28. The number of ether oxygens (including phenoxy) is 2. The number of thiazole rings is 1. The maximum Gasteiger partial charge on any atom is 0.341 e. The molecule has 29 heavy (non-hydrogen) atoms. The van der Waals surface area contributed by atoms with Gasteiger partial charge in [-0.05, 0) is 32.1 Å². The van der Waals surface area contributed by atoms with Crippen molar-refractivity contribution in [1.82, 2.24) is 20.1 Å². The molecule has 2 N–H and O–H groups in total. The highest BCUT2D eigenvalue weighted by molar-refractivity contribution is 7.13. The van der Waals surface area contributed by atoms with Gasteiger partial charge < -0.3 is 14.8 Å². The number of aryl methyl sites for hydroxylation is 1. The standard InChI is InChI=1S/C19H25N5O4S/c1-27-17(25)16-13(23-24-7-3-2-6-15(16)24)9-20-18(26)22-19-21-14(11-29-19)12-5-4-8-28-10-12/h11-12H,2-10H2,1H3,(H2,20,21,22,26). The number of hydrogen-bond donors (Lipinski definition) is 2. The largest absolute Gasteiger partial charge is 0.465 e. The first-order valence-corrected chi connectivity index (χ1v) is 10.8. The predicted octanol–water partition coefficient (Wildman–Crippen LogP) is 2.68. The normalized spacial score (nSPS) is 18.7. The van der Waals surface area contributed by atoms with Gasteiger partial charge in [-0.1, -0.05) is 0 Å². The highest BCUT2D eigenvalue weighted by atomic mass is 32.1. The molecule has 9 nitrogen and oxygen atoms in total. The van der Waals surface area contributed by atoms with Crippen molar-refractivity contribution in [3.63, 3.8) is 0 Å². The van der Waals surface area contributed by atoms with E-state index < -0.39 is 5.97 Å². The number of carbonyl (C=O) groups excluding carboxylic acids is 2. The molecule has 1 fully saturated rings. The van der Waals surface area contributed by atoms with Gasteiger partial charge in [-0.15, -0.1) is 11.3 Å². The van der Waals surface area contributed by atoms with Gasteiger partial charge in [0.05, 0.1) is 37.3 Å². The van der Waals surface area contributed by atoms with Crippen LogP contribution in [0.4, 0.5) is 9.93 Å². The van der Waals surface area contributed by atoms with Crippen molar-refractivity contribution in [2.75, 3.05) is 25.6 Å². The van der Waals surface area contributed by atoms with Crippen LogP contribution in [0.15, 0.2) is 5.38 Å². The van der Waals surface area contributed by atoms with E-state index in [0.717, 1.165) is 56.6 Å². The molecule has 0 aromatic carbocycles. The number of methoxy groups -OCH3 is 1. The summed E-state index contributed by atoms with van der Waals surface area (Å²) in [4.78, 5) is 29.1. The molecule has 2 aliphatic rings. The third-order valence-corrected chi connectivity index (χ3v) is 6.07. The van der Waals surface area contributed by atoms with E-state index in [1.54, 1.807) is 0 Å². The summed E-state index contributed by atoms with van der Waals surface area (Å²) in [5.74, 6) is -0.122. The number of nitrogens with zero attached hydrogens (tertiary/aromatic N) is 3. The van der Waals surface area contributed by atoms with E-state index in [0.29, 0.717) is 23.0 Å². The number of rotatable bonds is 5. The van der Waals surface area contributed by atoms with Gasteiger partial charge in [-0.2, -0.15) is 5.10 Å². The smallest absolute Gasteiger partial charge is 0.341 e. The fraction of sp³-hybridized carbons (Fsp3) is 0.579. The molecule has 0 saturated carbocycles. The van der Waals surface area contributed by atoms with Crippen molar-refractivity contribution in [1.29, 1.82) is 0 Å². The molecule has 0 spiro atoms.